The van der Waals surface area contributed by atoms with Gasteiger partial charge in [-0.2, -0.15) is 0 Å². The minimum atomic E-state index is -0.184. The number of carbonyl (C=O) groups excluding carboxylic acids is 1. The number of benzene rings is 6. The Morgan fingerprint density at radius 3 is 1.30 bits per heavy atom. The maximum absolute atomic E-state index is 11.4. The number of rotatable bonds is 13. The van der Waals surface area contributed by atoms with Crippen molar-refractivity contribution in [2.45, 2.75) is 61.3 Å². The first-order valence-electron chi connectivity index (χ1n) is 18.5. The largest absolute Gasteiger partial charge is 0.493 e. The van der Waals surface area contributed by atoms with E-state index >= 15 is 0 Å². The molecule has 5 nitrogen and oxygen atoms in total. The minimum Gasteiger partial charge on any atom is -0.493 e. The second-order valence-corrected chi connectivity index (χ2v) is 13.9. The Balaban J connectivity index is 1.26. The van der Waals surface area contributed by atoms with Crippen LogP contribution in [0.4, 0.5) is 34.1 Å². The zero-order valence-corrected chi connectivity index (χ0v) is 32.1. The van der Waals surface area contributed by atoms with Gasteiger partial charge in [0.2, 0.25) is 0 Å². The van der Waals surface area contributed by atoms with Crippen molar-refractivity contribution in [3.05, 3.63) is 161 Å². The SMILES string of the molecule is CCC(=O)OCCCOc1ccc(N(c2ccc(-c3ccc(N(c4ccc(C)cc4C)c4ccc(C)cc4C)cc3)cc2)c2ccc(C)cc2C)cc1. The predicted molar refractivity (Wildman–Crippen MR) is 221 cm³/mol. The maximum atomic E-state index is 11.4. The van der Waals surface area contributed by atoms with Crippen molar-refractivity contribution in [3.8, 4) is 16.9 Å². The fraction of sp³-hybridized carbons (Fsp3) is 0.229. The molecule has 53 heavy (non-hydrogen) atoms. The summed E-state index contributed by atoms with van der Waals surface area (Å²) in [6.45, 7) is 15.6. The second kappa shape index (κ2) is 16.7. The molecule has 0 saturated heterocycles. The van der Waals surface area contributed by atoms with Gasteiger partial charge < -0.3 is 19.3 Å². The average Bonchev–Trinajstić information content (AvgIpc) is 3.15. The van der Waals surface area contributed by atoms with Crippen molar-refractivity contribution in [3.63, 3.8) is 0 Å². The third-order valence-electron chi connectivity index (χ3n) is 9.57. The van der Waals surface area contributed by atoms with Gasteiger partial charge in [-0.3, -0.25) is 4.79 Å². The Bertz CT molecular complexity index is 2120. The molecule has 0 atom stereocenters. The van der Waals surface area contributed by atoms with Crippen LogP contribution >= 0.6 is 0 Å². The molecule has 0 radical (unpaired) electrons. The number of nitrogens with zero attached hydrogens (tertiary/aromatic N) is 2. The summed E-state index contributed by atoms with van der Waals surface area (Å²) >= 11 is 0. The number of carbonyl (C=O) groups is 1. The number of hydrogen-bond donors (Lipinski definition) is 0. The Morgan fingerprint density at radius 1 is 0.491 bits per heavy atom. The van der Waals surface area contributed by atoms with E-state index < -0.39 is 0 Å². The molecule has 0 aromatic heterocycles. The lowest BCUT2D eigenvalue weighted by Gasteiger charge is -2.29. The zero-order chi connectivity index (χ0) is 37.5. The van der Waals surface area contributed by atoms with Crippen LogP contribution in [0.15, 0.2) is 127 Å². The van der Waals surface area contributed by atoms with Gasteiger partial charge in [-0.15, -0.1) is 0 Å². The first-order chi connectivity index (χ1) is 25.6. The molecule has 0 amide bonds. The summed E-state index contributed by atoms with van der Waals surface area (Å²) in [6, 6.07) is 45.8. The average molecular weight is 703 g/mol. The molecule has 270 valence electrons. The summed E-state index contributed by atoms with van der Waals surface area (Å²) in [5.74, 6) is 0.597. The highest BCUT2D eigenvalue weighted by Gasteiger charge is 2.18. The third kappa shape index (κ3) is 8.81. The van der Waals surface area contributed by atoms with E-state index in [0.717, 1.165) is 39.6 Å². The van der Waals surface area contributed by atoms with E-state index in [1.807, 2.05) is 12.1 Å². The van der Waals surface area contributed by atoms with Crippen LogP contribution in [0.1, 0.15) is 53.1 Å². The van der Waals surface area contributed by atoms with Crippen LogP contribution in [0.3, 0.4) is 0 Å². The van der Waals surface area contributed by atoms with Crippen LogP contribution in [-0.4, -0.2) is 19.2 Å². The molecular weight excluding hydrogens is 653 g/mol. The number of hydrogen-bond acceptors (Lipinski definition) is 5. The molecule has 0 saturated carbocycles. The molecule has 0 heterocycles. The maximum Gasteiger partial charge on any atom is 0.305 e. The smallest absolute Gasteiger partial charge is 0.305 e. The molecule has 0 aliphatic heterocycles. The van der Waals surface area contributed by atoms with E-state index in [1.165, 1.54) is 44.8 Å². The molecule has 0 N–H and O–H groups in total. The summed E-state index contributed by atoms with van der Waals surface area (Å²) in [4.78, 5) is 16.1. The first kappa shape index (κ1) is 37.0. The van der Waals surface area contributed by atoms with Gasteiger partial charge in [0.15, 0.2) is 0 Å². The van der Waals surface area contributed by atoms with Gasteiger partial charge in [-0.25, -0.2) is 0 Å². The van der Waals surface area contributed by atoms with Gasteiger partial charge in [-0.1, -0.05) is 84.3 Å². The molecule has 0 aliphatic carbocycles. The summed E-state index contributed by atoms with van der Waals surface area (Å²) in [6.07, 6.45) is 1.03. The summed E-state index contributed by atoms with van der Waals surface area (Å²) in [5.41, 5.74) is 16.4. The van der Waals surface area contributed by atoms with Crippen LogP contribution in [0.25, 0.3) is 11.1 Å². The van der Waals surface area contributed by atoms with E-state index in [1.54, 1.807) is 6.92 Å². The zero-order valence-electron chi connectivity index (χ0n) is 32.1. The van der Waals surface area contributed by atoms with Crippen molar-refractivity contribution >= 4 is 40.1 Å². The summed E-state index contributed by atoms with van der Waals surface area (Å²) in [7, 11) is 0. The molecule has 6 aromatic carbocycles. The molecule has 0 bridgehead atoms. The highest BCUT2D eigenvalue weighted by molar-refractivity contribution is 5.83. The number of aryl methyl sites for hydroxylation is 6. The monoisotopic (exact) mass is 702 g/mol. The molecule has 0 aliphatic rings. The predicted octanol–water partition coefficient (Wildman–Crippen LogP) is 12.9. The van der Waals surface area contributed by atoms with E-state index in [4.69, 9.17) is 9.47 Å². The lowest BCUT2D eigenvalue weighted by molar-refractivity contribution is -0.143. The van der Waals surface area contributed by atoms with Crippen LogP contribution in [0.2, 0.25) is 0 Å². The lowest BCUT2D eigenvalue weighted by atomic mass is 10.0. The number of esters is 1. The normalized spacial score (nSPS) is 10.9. The van der Waals surface area contributed by atoms with Crippen LogP contribution in [0, 0.1) is 41.5 Å². The standard InChI is InChI=1S/C48H50N2O3/c1-8-48(51)53-29-9-28-52-44-23-21-42(22-24-44)49(45-25-10-33(2)30-36(45)5)41-17-13-39(14-18-41)40-15-19-43(20-16-40)50(46-26-11-34(3)31-37(46)6)47-27-12-35(4)32-38(47)7/h10-27,30-32H,8-9,28-29H2,1-7H3. The van der Waals surface area contributed by atoms with Crippen LogP contribution in [-0.2, 0) is 9.53 Å². The van der Waals surface area contributed by atoms with Crippen molar-refractivity contribution in [2.75, 3.05) is 23.0 Å². The highest BCUT2D eigenvalue weighted by atomic mass is 16.5. The number of ether oxygens (including phenoxy) is 2. The van der Waals surface area contributed by atoms with Crippen molar-refractivity contribution in [2.24, 2.45) is 0 Å². The molecule has 0 unspecified atom stereocenters. The molecule has 0 spiro atoms. The van der Waals surface area contributed by atoms with E-state index in [0.29, 0.717) is 26.1 Å². The van der Waals surface area contributed by atoms with Gasteiger partial charge in [0.25, 0.3) is 0 Å². The first-order valence-corrected chi connectivity index (χ1v) is 18.5. The quantitative estimate of drug-likeness (QED) is 0.0885. The molecule has 5 heteroatoms. The van der Waals surface area contributed by atoms with Gasteiger partial charge in [0.05, 0.1) is 13.2 Å². The second-order valence-electron chi connectivity index (χ2n) is 13.9. The van der Waals surface area contributed by atoms with Gasteiger partial charge in [0.1, 0.15) is 5.75 Å². The Morgan fingerprint density at radius 2 is 0.887 bits per heavy atom. The summed E-state index contributed by atoms with van der Waals surface area (Å²) < 4.78 is 11.1. The summed E-state index contributed by atoms with van der Waals surface area (Å²) in [5, 5.41) is 0. The molecular formula is C48H50N2O3. The Hall–Kier alpha value is -5.81. The van der Waals surface area contributed by atoms with Crippen molar-refractivity contribution in [1.82, 2.24) is 0 Å². The minimum absolute atomic E-state index is 0.184. The van der Waals surface area contributed by atoms with E-state index in [2.05, 4.69) is 167 Å². The topological polar surface area (TPSA) is 42.0 Å². The third-order valence-corrected chi connectivity index (χ3v) is 9.57. The Labute approximate surface area is 315 Å². The van der Waals surface area contributed by atoms with Crippen LogP contribution < -0.4 is 14.5 Å². The van der Waals surface area contributed by atoms with Gasteiger partial charge in [-0.05, 0) is 136 Å². The molecule has 0 fully saturated rings. The number of anilines is 6. The highest BCUT2D eigenvalue weighted by Crippen LogP contribution is 2.41. The fourth-order valence-corrected chi connectivity index (χ4v) is 6.84. The van der Waals surface area contributed by atoms with Gasteiger partial charge in [0, 0.05) is 47.0 Å². The Kier molecular flexibility index (Phi) is 11.6. The molecule has 6 rings (SSSR count). The fourth-order valence-electron chi connectivity index (χ4n) is 6.84. The van der Waals surface area contributed by atoms with Crippen LogP contribution in [0.5, 0.6) is 5.75 Å². The van der Waals surface area contributed by atoms with Crippen molar-refractivity contribution < 1.29 is 14.3 Å². The molecule has 6 aromatic rings. The van der Waals surface area contributed by atoms with E-state index in [9.17, 15) is 4.79 Å². The lowest BCUT2D eigenvalue weighted by Crippen LogP contribution is -2.13. The van der Waals surface area contributed by atoms with E-state index in [-0.39, 0.29) is 5.97 Å². The van der Waals surface area contributed by atoms with Crippen molar-refractivity contribution in [1.29, 1.82) is 0 Å². The van der Waals surface area contributed by atoms with Gasteiger partial charge >= 0.3 is 5.97 Å².